The summed E-state index contributed by atoms with van der Waals surface area (Å²) < 4.78 is 19.2. The molecule has 1 aliphatic heterocycles. The van der Waals surface area contributed by atoms with Crippen LogP contribution in [0, 0.1) is 18.7 Å². The molecule has 2 atom stereocenters. The molecule has 1 amide bonds. The molecular weight excluding hydrogens is 423 g/mol. The summed E-state index contributed by atoms with van der Waals surface area (Å²) in [6.07, 6.45) is 5.15. The second-order valence-corrected chi connectivity index (χ2v) is 8.54. The van der Waals surface area contributed by atoms with E-state index in [1.165, 1.54) is 16.9 Å². The number of aromatic nitrogens is 4. The van der Waals surface area contributed by atoms with Crippen molar-refractivity contribution >= 4 is 23.0 Å². The van der Waals surface area contributed by atoms with Gasteiger partial charge in [0.05, 0.1) is 29.7 Å². The average Bonchev–Trinajstić information content (AvgIpc) is 3.47. The number of carbonyl (C=O) groups is 1. The molecule has 2 aromatic heterocycles. The molecule has 3 heterocycles. The maximum Gasteiger partial charge on any atom is 0.295 e. The summed E-state index contributed by atoms with van der Waals surface area (Å²) in [6.45, 7) is 5.26. The molecule has 1 fully saturated rings. The SMILES string of the molecule is Cc1ccc(C(=O)N2CCC[C@@H](C)[C@H]2CNc2nc3cc(F)ccc3o2)c(-n2nccn2)c1. The number of benzene rings is 2. The van der Waals surface area contributed by atoms with Crippen LogP contribution in [0.1, 0.15) is 35.7 Å². The van der Waals surface area contributed by atoms with E-state index < -0.39 is 0 Å². The number of hydrogen-bond acceptors (Lipinski definition) is 6. The van der Waals surface area contributed by atoms with Gasteiger partial charge in [-0.25, -0.2) is 4.39 Å². The number of anilines is 1. The molecule has 0 bridgehead atoms. The molecule has 1 aliphatic rings. The average molecular weight is 449 g/mol. The van der Waals surface area contributed by atoms with E-state index in [0.717, 1.165) is 18.4 Å². The highest BCUT2D eigenvalue weighted by Crippen LogP contribution is 2.28. The summed E-state index contributed by atoms with van der Waals surface area (Å²) in [7, 11) is 0. The van der Waals surface area contributed by atoms with E-state index in [4.69, 9.17) is 4.42 Å². The molecule has 170 valence electrons. The number of rotatable bonds is 5. The number of amides is 1. The van der Waals surface area contributed by atoms with Crippen LogP contribution in [0.5, 0.6) is 0 Å². The van der Waals surface area contributed by atoms with Crippen molar-refractivity contribution in [2.45, 2.75) is 32.7 Å². The monoisotopic (exact) mass is 448 g/mol. The summed E-state index contributed by atoms with van der Waals surface area (Å²) in [5.74, 6) is -0.130. The van der Waals surface area contributed by atoms with Crippen molar-refractivity contribution in [1.82, 2.24) is 24.9 Å². The molecule has 8 nitrogen and oxygen atoms in total. The van der Waals surface area contributed by atoms with Gasteiger partial charge in [-0.3, -0.25) is 4.79 Å². The van der Waals surface area contributed by atoms with Crippen molar-refractivity contribution in [2.24, 2.45) is 5.92 Å². The number of aryl methyl sites for hydroxylation is 1. The Morgan fingerprint density at radius 2 is 2.03 bits per heavy atom. The third-order valence-corrected chi connectivity index (χ3v) is 6.21. The van der Waals surface area contributed by atoms with Gasteiger partial charge in [0.1, 0.15) is 11.3 Å². The largest absolute Gasteiger partial charge is 0.424 e. The first kappa shape index (κ1) is 21.1. The van der Waals surface area contributed by atoms with Gasteiger partial charge in [0.2, 0.25) is 0 Å². The minimum atomic E-state index is -0.361. The van der Waals surface area contributed by atoms with Crippen molar-refractivity contribution in [1.29, 1.82) is 0 Å². The molecule has 4 aromatic rings. The van der Waals surface area contributed by atoms with Crippen LogP contribution in [0.25, 0.3) is 16.8 Å². The zero-order valence-corrected chi connectivity index (χ0v) is 18.5. The van der Waals surface area contributed by atoms with Gasteiger partial charge < -0.3 is 14.6 Å². The number of nitrogens with one attached hydrogen (secondary N) is 1. The zero-order chi connectivity index (χ0) is 22.9. The van der Waals surface area contributed by atoms with Crippen LogP contribution in [0.3, 0.4) is 0 Å². The molecule has 1 saturated heterocycles. The fraction of sp³-hybridized carbons (Fsp3) is 0.333. The van der Waals surface area contributed by atoms with Gasteiger partial charge in [0, 0.05) is 19.2 Å². The van der Waals surface area contributed by atoms with Crippen LogP contribution in [0.4, 0.5) is 10.4 Å². The van der Waals surface area contributed by atoms with Gasteiger partial charge in [-0.05, 0) is 55.5 Å². The van der Waals surface area contributed by atoms with Crippen molar-refractivity contribution in [3.05, 3.63) is 65.7 Å². The van der Waals surface area contributed by atoms with E-state index >= 15 is 0 Å². The Bertz CT molecular complexity index is 1290. The highest BCUT2D eigenvalue weighted by molar-refractivity contribution is 5.98. The van der Waals surface area contributed by atoms with Crippen molar-refractivity contribution in [3.8, 4) is 5.69 Å². The maximum atomic E-state index is 13.7. The summed E-state index contributed by atoms with van der Waals surface area (Å²) in [5, 5.41) is 11.7. The second-order valence-electron chi connectivity index (χ2n) is 8.54. The normalized spacial score (nSPS) is 18.6. The minimum absolute atomic E-state index is 0.0553. The lowest BCUT2D eigenvalue weighted by Gasteiger charge is -2.40. The Hall–Kier alpha value is -3.75. The predicted octanol–water partition coefficient (Wildman–Crippen LogP) is 4.21. The molecule has 1 N–H and O–H groups in total. The predicted molar refractivity (Wildman–Crippen MR) is 122 cm³/mol. The Labute approximate surface area is 190 Å². The summed E-state index contributed by atoms with van der Waals surface area (Å²) >= 11 is 0. The smallest absolute Gasteiger partial charge is 0.295 e. The summed E-state index contributed by atoms with van der Waals surface area (Å²) in [5.41, 5.74) is 3.22. The van der Waals surface area contributed by atoms with Crippen LogP contribution >= 0.6 is 0 Å². The first-order chi connectivity index (χ1) is 16.0. The van der Waals surface area contributed by atoms with Gasteiger partial charge in [-0.1, -0.05) is 13.0 Å². The number of carbonyl (C=O) groups excluding carboxylic acids is 1. The lowest BCUT2D eigenvalue weighted by molar-refractivity contribution is 0.0539. The number of oxazole rings is 1. The van der Waals surface area contributed by atoms with Gasteiger partial charge in [-0.2, -0.15) is 20.0 Å². The van der Waals surface area contributed by atoms with Crippen molar-refractivity contribution < 1.29 is 13.6 Å². The van der Waals surface area contributed by atoms with Crippen LogP contribution in [0.15, 0.2) is 53.2 Å². The highest BCUT2D eigenvalue weighted by atomic mass is 19.1. The summed E-state index contributed by atoms with van der Waals surface area (Å²) in [4.78, 5) is 21.5. The lowest BCUT2D eigenvalue weighted by atomic mass is 9.90. The fourth-order valence-electron chi connectivity index (χ4n) is 4.46. The topological polar surface area (TPSA) is 89.1 Å². The van der Waals surface area contributed by atoms with Crippen LogP contribution in [-0.4, -0.2) is 49.9 Å². The molecule has 0 spiro atoms. The number of piperidine rings is 1. The molecule has 0 unspecified atom stereocenters. The Morgan fingerprint density at radius 3 is 2.85 bits per heavy atom. The molecule has 5 rings (SSSR count). The third-order valence-electron chi connectivity index (χ3n) is 6.21. The van der Waals surface area contributed by atoms with Gasteiger partial charge in [-0.15, -0.1) is 0 Å². The van der Waals surface area contributed by atoms with E-state index in [1.54, 1.807) is 18.5 Å². The number of halogens is 1. The van der Waals surface area contributed by atoms with Crippen LogP contribution in [0.2, 0.25) is 0 Å². The maximum absolute atomic E-state index is 13.7. The molecular formula is C24H25FN6O2. The van der Waals surface area contributed by atoms with E-state index in [0.29, 0.717) is 41.5 Å². The van der Waals surface area contributed by atoms with E-state index in [2.05, 4.69) is 27.4 Å². The Kier molecular flexibility index (Phi) is 5.53. The molecule has 0 radical (unpaired) electrons. The second kappa shape index (κ2) is 8.65. The molecule has 0 saturated carbocycles. The Morgan fingerprint density at radius 1 is 1.21 bits per heavy atom. The number of likely N-dealkylation sites (tertiary alicyclic amines) is 1. The first-order valence-electron chi connectivity index (χ1n) is 11.1. The van der Waals surface area contributed by atoms with E-state index in [1.807, 2.05) is 30.0 Å². The number of hydrogen-bond donors (Lipinski definition) is 1. The van der Waals surface area contributed by atoms with Crippen molar-refractivity contribution in [3.63, 3.8) is 0 Å². The van der Waals surface area contributed by atoms with Gasteiger partial charge >= 0.3 is 0 Å². The lowest BCUT2D eigenvalue weighted by Crippen LogP contribution is -2.51. The highest BCUT2D eigenvalue weighted by Gasteiger charge is 2.33. The van der Waals surface area contributed by atoms with Crippen molar-refractivity contribution in [2.75, 3.05) is 18.4 Å². The van der Waals surface area contributed by atoms with Gasteiger partial charge in [0.25, 0.3) is 11.9 Å². The fourth-order valence-corrected chi connectivity index (χ4v) is 4.46. The first-order valence-corrected chi connectivity index (χ1v) is 11.1. The zero-order valence-electron chi connectivity index (χ0n) is 18.5. The molecule has 9 heteroatoms. The number of nitrogens with zero attached hydrogens (tertiary/aromatic N) is 5. The van der Waals surface area contributed by atoms with E-state index in [9.17, 15) is 9.18 Å². The molecule has 33 heavy (non-hydrogen) atoms. The van der Waals surface area contributed by atoms with Crippen LogP contribution < -0.4 is 5.32 Å². The molecule has 0 aliphatic carbocycles. The summed E-state index contributed by atoms with van der Waals surface area (Å²) in [6, 6.07) is 10.2. The standard InChI is InChI=1S/C24H25FN6O2/c1-15-5-7-18(20(12-15)31-27-9-10-28-31)23(32)30-11-3-4-16(2)21(30)14-26-24-29-19-13-17(25)6-8-22(19)33-24/h5-10,12-13,16,21H,3-4,11,14H2,1-2H3,(H,26,29)/t16-,21-/m1/s1. The van der Waals surface area contributed by atoms with Crippen LogP contribution in [-0.2, 0) is 0 Å². The minimum Gasteiger partial charge on any atom is -0.424 e. The quantitative estimate of drug-likeness (QED) is 0.492. The molecule has 2 aromatic carbocycles. The number of fused-ring (bicyclic) bond motifs is 1. The van der Waals surface area contributed by atoms with Gasteiger partial charge in [0.15, 0.2) is 5.58 Å². The van der Waals surface area contributed by atoms with E-state index in [-0.39, 0.29) is 23.7 Å². The third kappa shape index (κ3) is 4.18. The Balaban J connectivity index is 1.40.